The van der Waals surface area contributed by atoms with Gasteiger partial charge in [0.05, 0.1) is 5.56 Å². The van der Waals surface area contributed by atoms with Crippen molar-refractivity contribution in [2.75, 3.05) is 32.9 Å². The van der Waals surface area contributed by atoms with E-state index in [9.17, 15) is 4.79 Å². The Hall–Kier alpha value is -3.71. The Morgan fingerprint density at radius 1 is 1.10 bits per heavy atom. The molecule has 0 bridgehead atoms. The lowest BCUT2D eigenvalue weighted by Crippen LogP contribution is -2.31. The van der Waals surface area contributed by atoms with E-state index in [1.54, 1.807) is 18.3 Å². The highest BCUT2D eigenvalue weighted by Gasteiger charge is 2.14. The fourth-order valence-corrected chi connectivity index (χ4v) is 3.10. The van der Waals surface area contributed by atoms with E-state index in [2.05, 4.69) is 15.3 Å². The molecule has 0 radical (unpaired) electrons. The predicted molar refractivity (Wildman–Crippen MR) is 118 cm³/mol. The van der Waals surface area contributed by atoms with Gasteiger partial charge in [0.15, 0.2) is 5.58 Å². The summed E-state index contributed by atoms with van der Waals surface area (Å²) in [6, 6.07) is 16.8. The van der Waals surface area contributed by atoms with Crippen LogP contribution in [0.4, 0.5) is 5.82 Å². The number of hydrogen-bond acceptors (Lipinski definition) is 6. The van der Waals surface area contributed by atoms with Crippen molar-refractivity contribution in [2.24, 2.45) is 0 Å². The first kappa shape index (κ1) is 19.6. The van der Waals surface area contributed by atoms with E-state index in [-0.39, 0.29) is 5.91 Å². The second-order valence-electron chi connectivity index (χ2n) is 7.28. The molecule has 0 saturated carbocycles. The molecule has 2 heterocycles. The molecule has 0 fully saturated rings. The van der Waals surface area contributed by atoms with Gasteiger partial charge in [-0.1, -0.05) is 24.3 Å². The van der Waals surface area contributed by atoms with Crippen molar-refractivity contribution in [3.63, 3.8) is 0 Å². The number of carbonyl (C=O) groups excluding carboxylic acids is 1. The molecular formula is C23H23N5O2. The van der Waals surface area contributed by atoms with Crippen LogP contribution in [0, 0.1) is 0 Å². The van der Waals surface area contributed by atoms with Gasteiger partial charge in [-0.3, -0.25) is 4.79 Å². The Morgan fingerprint density at radius 3 is 2.60 bits per heavy atom. The zero-order valence-corrected chi connectivity index (χ0v) is 16.9. The van der Waals surface area contributed by atoms with Gasteiger partial charge < -0.3 is 20.4 Å². The quantitative estimate of drug-likeness (QED) is 0.514. The van der Waals surface area contributed by atoms with Gasteiger partial charge >= 0.3 is 0 Å². The van der Waals surface area contributed by atoms with Gasteiger partial charge in [-0.15, -0.1) is 0 Å². The zero-order chi connectivity index (χ0) is 21.1. The highest BCUT2D eigenvalue weighted by molar-refractivity contribution is 5.94. The average molecular weight is 401 g/mol. The second-order valence-corrected chi connectivity index (χ2v) is 7.28. The smallest absolute Gasteiger partial charge is 0.251 e. The molecule has 3 N–H and O–H groups in total. The number of para-hydroxylation sites is 2. The van der Waals surface area contributed by atoms with Crippen molar-refractivity contribution in [1.29, 1.82) is 0 Å². The summed E-state index contributed by atoms with van der Waals surface area (Å²) >= 11 is 0. The summed E-state index contributed by atoms with van der Waals surface area (Å²) in [5.74, 6) is 0.688. The summed E-state index contributed by atoms with van der Waals surface area (Å²) < 4.78 is 5.84. The molecule has 0 atom stereocenters. The van der Waals surface area contributed by atoms with E-state index in [1.807, 2.05) is 61.5 Å². The molecule has 1 amide bonds. The van der Waals surface area contributed by atoms with Crippen LogP contribution in [0.1, 0.15) is 10.4 Å². The van der Waals surface area contributed by atoms with Crippen LogP contribution in [0.3, 0.4) is 0 Å². The first-order valence-electron chi connectivity index (χ1n) is 9.66. The first-order chi connectivity index (χ1) is 14.5. The molecule has 7 heteroatoms. The topological polar surface area (TPSA) is 97.3 Å². The van der Waals surface area contributed by atoms with E-state index < -0.39 is 0 Å². The Kier molecular flexibility index (Phi) is 5.45. The van der Waals surface area contributed by atoms with Crippen molar-refractivity contribution < 1.29 is 9.21 Å². The molecule has 0 aliphatic rings. The summed E-state index contributed by atoms with van der Waals surface area (Å²) in [6.07, 6.45) is 1.70. The van der Waals surface area contributed by atoms with Crippen molar-refractivity contribution >= 4 is 22.8 Å². The number of nitrogens with two attached hydrogens (primary N) is 1. The molecule has 2 aromatic heterocycles. The molecular weight excluding hydrogens is 378 g/mol. The summed E-state index contributed by atoms with van der Waals surface area (Å²) in [5, 5.41) is 2.91. The highest BCUT2D eigenvalue weighted by Crippen LogP contribution is 2.31. The molecule has 7 nitrogen and oxygen atoms in total. The molecule has 4 rings (SSSR count). The Morgan fingerprint density at radius 2 is 1.87 bits per heavy atom. The van der Waals surface area contributed by atoms with Crippen molar-refractivity contribution in [3.05, 3.63) is 66.4 Å². The number of amides is 1. The van der Waals surface area contributed by atoms with Gasteiger partial charge in [0.1, 0.15) is 11.3 Å². The third-order valence-corrected chi connectivity index (χ3v) is 4.77. The number of oxazole rings is 1. The summed E-state index contributed by atoms with van der Waals surface area (Å²) in [4.78, 5) is 23.1. The number of fused-ring (bicyclic) bond motifs is 1. The van der Waals surface area contributed by atoms with Crippen LogP contribution in [0.15, 0.2) is 65.2 Å². The standard InChI is InChI=1S/C23H23N5O2/c1-28(2)12-11-25-22(29)16-9-7-15(8-10-16)17-13-18(21(24)26-14-17)23-27-19-5-3-4-6-20(19)30-23/h3-10,13-14H,11-12H2,1-2H3,(H2,24,26)(H,25,29). The number of rotatable bonds is 6. The molecule has 0 aliphatic carbocycles. The number of nitrogen functional groups attached to an aromatic ring is 1. The number of pyridine rings is 1. The van der Waals surface area contributed by atoms with Crippen molar-refractivity contribution in [2.45, 2.75) is 0 Å². The van der Waals surface area contributed by atoms with Crippen molar-refractivity contribution in [1.82, 2.24) is 20.2 Å². The largest absolute Gasteiger partial charge is 0.436 e. The third-order valence-electron chi connectivity index (χ3n) is 4.77. The lowest BCUT2D eigenvalue weighted by Gasteiger charge is -2.11. The van der Waals surface area contributed by atoms with Gasteiger partial charge in [0.2, 0.25) is 5.89 Å². The summed E-state index contributed by atoms with van der Waals surface area (Å²) in [5.41, 5.74) is 10.6. The highest BCUT2D eigenvalue weighted by atomic mass is 16.3. The number of likely N-dealkylation sites (N-methyl/N-ethyl adjacent to an activating group) is 1. The van der Waals surface area contributed by atoms with Gasteiger partial charge in [-0.05, 0) is 50.0 Å². The summed E-state index contributed by atoms with van der Waals surface area (Å²) in [7, 11) is 3.94. The number of aromatic nitrogens is 2. The Labute approximate surface area is 174 Å². The van der Waals surface area contributed by atoms with Gasteiger partial charge in [0, 0.05) is 30.4 Å². The number of nitrogens with one attached hydrogen (secondary N) is 1. The second kappa shape index (κ2) is 8.34. The van der Waals surface area contributed by atoms with E-state index in [0.29, 0.717) is 35.0 Å². The molecule has 0 aliphatic heterocycles. The molecule has 0 unspecified atom stereocenters. The lowest BCUT2D eigenvalue weighted by atomic mass is 10.0. The van der Waals surface area contributed by atoms with Crippen LogP contribution in [-0.2, 0) is 0 Å². The van der Waals surface area contributed by atoms with E-state index in [0.717, 1.165) is 23.2 Å². The molecule has 0 spiro atoms. The van der Waals surface area contributed by atoms with Gasteiger partial charge in [-0.2, -0.15) is 0 Å². The number of nitrogens with zero attached hydrogens (tertiary/aromatic N) is 3. The number of anilines is 1. The van der Waals surface area contributed by atoms with Crippen LogP contribution < -0.4 is 11.1 Å². The lowest BCUT2D eigenvalue weighted by molar-refractivity contribution is 0.0951. The maximum Gasteiger partial charge on any atom is 0.251 e. The first-order valence-corrected chi connectivity index (χ1v) is 9.66. The third kappa shape index (κ3) is 4.16. The predicted octanol–water partition coefficient (Wildman–Crippen LogP) is 3.43. The number of carbonyl (C=O) groups is 1. The van der Waals surface area contributed by atoms with Crippen LogP contribution in [0.5, 0.6) is 0 Å². The monoisotopic (exact) mass is 401 g/mol. The van der Waals surface area contributed by atoms with Gasteiger partial charge in [0.25, 0.3) is 5.91 Å². The fraction of sp³-hybridized carbons (Fsp3) is 0.174. The van der Waals surface area contributed by atoms with Crippen molar-refractivity contribution in [3.8, 4) is 22.6 Å². The minimum atomic E-state index is -0.0917. The Balaban J connectivity index is 1.57. The molecule has 4 aromatic rings. The molecule has 2 aromatic carbocycles. The average Bonchev–Trinajstić information content (AvgIpc) is 3.18. The van der Waals surface area contributed by atoms with Crippen LogP contribution in [0.25, 0.3) is 33.7 Å². The van der Waals surface area contributed by atoms with E-state index in [4.69, 9.17) is 10.2 Å². The van der Waals surface area contributed by atoms with Crippen LogP contribution >= 0.6 is 0 Å². The maximum absolute atomic E-state index is 12.3. The van der Waals surface area contributed by atoms with Crippen LogP contribution in [-0.4, -0.2) is 48.0 Å². The normalized spacial score (nSPS) is 11.2. The maximum atomic E-state index is 12.3. The SMILES string of the molecule is CN(C)CCNC(=O)c1ccc(-c2cnc(N)c(-c3nc4ccccc4o3)c2)cc1. The number of hydrogen-bond donors (Lipinski definition) is 2. The fourth-order valence-electron chi connectivity index (χ4n) is 3.10. The van der Waals surface area contributed by atoms with E-state index in [1.165, 1.54) is 0 Å². The zero-order valence-electron chi connectivity index (χ0n) is 16.9. The summed E-state index contributed by atoms with van der Waals surface area (Å²) in [6.45, 7) is 1.39. The Bertz CT molecular complexity index is 1150. The molecule has 30 heavy (non-hydrogen) atoms. The van der Waals surface area contributed by atoms with Crippen LogP contribution in [0.2, 0.25) is 0 Å². The molecule has 0 saturated heterocycles. The molecule has 152 valence electrons. The minimum Gasteiger partial charge on any atom is -0.436 e. The minimum absolute atomic E-state index is 0.0917. The van der Waals surface area contributed by atoms with Gasteiger partial charge in [-0.25, -0.2) is 9.97 Å². The number of benzene rings is 2. The van der Waals surface area contributed by atoms with E-state index >= 15 is 0 Å².